The normalized spacial score (nSPS) is 20.7. The van der Waals surface area contributed by atoms with Crippen LogP contribution in [0.4, 0.5) is 0 Å². The molecule has 1 aromatic rings. The monoisotopic (exact) mass is 695 g/mol. The van der Waals surface area contributed by atoms with Crippen molar-refractivity contribution in [3.8, 4) is 11.5 Å². The fourth-order valence-corrected chi connectivity index (χ4v) is 6.14. The molecule has 5 atom stereocenters. The van der Waals surface area contributed by atoms with Gasteiger partial charge >= 0.3 is 0 Å². The van der Waals surface area contributed by atoms with Gasteiger partial charge in [-0.1, -0.05) is 129 Å². The number of ether oxygens (including phenoxy) is 4. The van der Waals surface area contributed by atoms with E-state index in [1.165, 1.54) is 103 Å². The topological polar surface area (TPSA) is 147 Å². The number of carbonyl (C=O) groups excluding carboxylic acids is 1. The molecule has 0 unspecified atom stereocenters. The van der Waals surface area contributed by atoms with E-state index in [1.807, 2.05) is 6.07 Å². The lowest BCUT2D eigenvalue weighted by Gasteiger charge is -2.39. The zero-order valence-corrected chi connectivity index (χ0v) is 30.6. The molecule has 1 saturated heterocycles. The molecule has 0 radical (unpaired) electrons. The third-order valence-electron chi connectivity index (χ3n) is 9.22. The van der Waals surface area contributed by atoms with E-state index in [1.54, 1.807) is 12.1 Å². The summed E-state index contributed by atoms with van der Waals surface area (Å²) in [5.74, 6) is 0.852. The summed E-state index contributed by atoms with van der Waals surface area (Å²) in [5.41, 5.74) is 0.404. The molecule has 0 aromatic heterocycles. The van der Waals surface area contributed by atoms with Gasteiger partial charge in [-0.15, -0.1) is 0 Å². The van der Waals surface area contributed by atoms with Crippen molar-refractivity contribution in [2.24, 2.45) is 0 Å². The predicted octanol–water partition coefficient (Wildman–Crippen LogP) is 6.83. The smallest absolute Gasteiger partial charge is 0.251 e. The van der Waals surface area contributed by atoms with Crippen molar-refractivity contribution in [3.05, 3.63) is 23.8 Å². The van der Waals surface area contributed by atoms with Gasteiger partial charge in [0.25, 0.3) is 5.91 Å². The van der Waals surface area contributed by atoms with Crippen LogP contribution in [-0.4, -0.2) is 90.0 Å². The van der Waals surface area contributed by atoms with Crippen LogP contribution in [0.15, 0.2) is 18.2 Å². The Morgan fingerprint density at radius 1 is 0.653 bits per heavy atom. The highest BCUT2D eigenvalue weighted by atomic mass is 16.7. The van der Waals surface area contributed by atoms with Gasteiger partial charge in [-0.3, -0.25) is 4.79 Å². The van der Waals surface area contributed by atoms with Gasteiger partial charge in [0.2, 0.25) is 0 Å². The van der Waals surface area contributed by atoms with Crippen LogP contribution in [0.25, 0.3) is 0 Å². The molecular formula is C39H69NO9. The summed E-state index contributed by atoms with van der Waals surface area (Å²) in [6.45, 7) is 5.14. The maximum Gasteiger partial charge on any atom is 0.251 e. The minimum atomic E-state index is -1.52. The number of aliphatic hydroxyl groups is 4. The Balaban J connectivity index is 1.81. The molecule has 0 saturated carbocycles. The van der Waals surface area contributed by atoms with Crippen LogP contribution in [0.1, 0.15) is 153 Å². The van der Waals surface area contributed by atoms with Crippen LogP contribution in [0.3, 0.4) is 0 Å². The zero-order valence-electron chi connectivity index (χ0n) is 30.6. The van der Waals surface area contributed by atoms with Gasteiger partial charge in [0.1, 0.15) is 35.9 Å². The average Bonchev–Trinajstić information content (AvgIpc) is 3.10. The summed E-state index contributed by atoms with van der Waals surface area (Å²) >= 11 is 0. The van der Waals surface area contributed by atoms with Crippen molar-refractivity contribution >= 4 is 5.91 Å². The van der Waals surface area contributed by atoms with Crippen molar-refractivity contribution in [3.63, 3.8) is 0 Å². The molecular weight excluding hydrogens is 626 g/mol. The number of hydrogen-bond donors (Lipinski definition) is 5. The quantitative estimate of drug-likeness (QED) is 0.0547. The Morgan fingerprint density at radius 3 is 1.55 bits per heavy atom. The van der Waals surface area contributed by atoms with Crippen LogP contribution in [-0.2, 0) is 9.47 Å². The third kappa shape index (κ3) is 18.7. The van der Waals surface area contributed by atoms with Gasteiger partial charge in [0.15, 0.2) is 6.29 Å². The van der Waals surface area contributed by atoms with Gasteiger partial charge in [-0.2, -0.15) is 0 Å². The Morgan fingerprint density at radius 2 is 1.10 bits per heavy atom. The fraction of sp³-hybridized carbons (Fsp3) is 0.821. The highest BCUT2D eigenvalue weighted by molar-refractivity contribution is 5.95. The number of hydrogen-bond acceptors (Lipinski definition) is 9. The Kier molecular flexibility index (Phi) is 24.5. The van der Waals surface area contributed by atoms with Gasteiger partial charge in [-0.05, 0) is 25.0 Å². The van der Waals surface area contributed by atoms with Gasteiger partial charge < -0.3 is 44.7 Å². The van der Waals surface area contributed by atoms with Crippen LogP contribution >= 0.6 is 0 Å². The first-order valence-corrected chi connectivity index (χ1v) is 19.5. The van der Waals surface area contributed by atoms with Crippen LogP contribution < -0.4 is 14.8 Å². The van der Waals surface area contributed by atoms with Gasteiger partial charge in [0, 0.05) is 18.2 Å². The minimum absolute atomic E-state index is 0.0403. The van der Waals surface area contributed by atoms with E-state index in [9.17, 15) is 25.2 Å². The van der Waals surface area contributed by atoms with Crippen LogP contribution in [0.2, 0.25) is 0 Å². The molecule has 10 nitrogen and oxygen atoms in total. The molecule has 0 bridgehead atoms. The first kappa shape index (κ1) is 43.2. The Hall–Kier alpha value is -1.95. The lowest BCUT2D eigenvalue weighted by atomic mass is 9.99. The number of aliphatic hydroxyl groups excluding tert-OH is 4. The SMILES string of the molecule is CCCCCCCCCCCCOc1cc(OCCCCCCCCCCCC)cc(C(=O)NCCO[C@@H]2[C@@H](O)[C@@H](O)[C@@H](CO)O[C@H]2O)c1. The number of amides is 1. The van der Waals surface area contributed by atoms with E-state index >= 15 is 0 Å². The van der Waals surface area contributed by atoms with E-state index in [4.69, 9.17) is 18.9 Å². The zero-order chi connectivity index (χ0) is 35.5. The van der Waals surface area contributed by atoms with E-state index in [-0.39, 0.29) is 19.1 Å². The summed E-state index contributed by atoms with van der Waals surface area (Å²) in [6, 6.07) is 5.28. The molecule has 2 rings (SSSR count). The largest absolute Gasteiger partial charge is 0.493 e. The minimum Gasteiger partial charge on any atom is -0.493 e. The Labute approximate surface area is 296 Å². The molecule has 10 heteroatoms. The maximum atomic E-state index is 13.1. The average molecular weight is 696 g/mol. The number of nitrogens with one attached hydrogen (secondary N) is 1. The standard InChI is InChI=1S/C39H69NO9/c1-3-5-7-9-11-13-15-17-19-21-24-46-32-27-31(28-33(29-32)47-25-22-20-18-16-14-12-10-8-6-4-2)38(44)40-23-26-48-37-36(43)35(42)34(30-41)49-39(37)45/h27-29,34-37,39,41-43,45H,3-26,30H2,1-2H3,(H,40,44)/t34-,35+,36+,37-,39-/m1/s1. The van der Waals surface area contributed by atoms with E-state index < -0.39 is 37.3 Å². The molecule has 49 heavy (non-hydrogen) atoms. The fourth-order valence-electron chi connectivity index (χ4n) is 6.14. The Bertz CT molecular complexity index is 920. The summed E-state index contributed by atoms with van der Waals surface area (Å²) in [4.78, 5) is 13.1. The number of rotatable bonds is 30. The number of unbranched alkanes of at least 4 members (excludes halogenated alkanes) is 18. The highest BCUT2D eigenvalue weighted by Crippen LogP contribution is 2.25. The lowest BCUT2D eigenvalue weighted by Crippen LogP contribution is -2.59. The van der Waals surface area contributed by atoms with Crippen molar-refractivity contribution in [1.29, 1.82) is 0 Å². The summed E-state index contributed by atoms with van der Waals surface area (Å²) in [5, 5.41) is 42.5. The number of carbonyl (C=O) groups is 1. The van der Waals surface area contributed by atoms with E-state index in [2.05, 4.69) is 19.2 Å². The second kappa shape index (κ2) is 27.7. The second-order valence-electron chi connectivity index (χ2n) is 13.6. The summed E-state index contributed by atoms with van der Waals surface area (Å²) in [6.07, 6.45) is 18.2. The molecule has 0 spiro atoms. The van der Waals surface area contributed by atoms with Gasteiger partial charge in [0.05, 0.1) is 26.4 Å². The van der Waals surface area contributed by atoms with Crippen molar-refractivity contribution < 1.29 is 44.2 Å². The van der Waals surface area contributed by atoms with Crippen molar-refractivity contribution in [2.75, 3.05) is 33.0 Å². The van der Waals surface area contributed by atoms with Crippen molar-refractivity contribution in [1.82, 2.24) is 5.32 Å². The summed E-state index contributed by atoms with van der Waals surface area (Å²) < 4.78 is 22.8. The maximum absolute atomic E-state index is 13.1. The molecule has 1 aliphatic rings. The molecule has 1 amide bonds. The summed E-state index contributed by atoms with van der Waals surface area (Å²) in [7, 11) is 0. The first-order valence-electron chi connectivity index (χ1n) is 19.5. The number of benzene rings is 1. The lowest BCUT2D eigenvalue weighted by molar-refractivity contribution is -0.295. The van der Waals surface area contributed by atoms with Gasteiger partial charge in [-0.25, -0.2) is 0 Å². The van der Waals surface area contributed by atoms with Crippen LogP contribution in [0, 0.1) is 0 Å². The molecule has 1 fully saturated rings. The first-order chi connectivity index (χ1) is 23.9. The predicted molar refractivity (Wildman–Crippen MR) is 193 cm³/mol. The highest BCUT2D eigenvalue weighted by Gasteiger charge is 2.44. The molecule has 1 aromatic carbocycles. The van der Waals surface area contributed by atoms with Crippen LogP contribution in [0.5, 0.6) is 11.5 Å². The van der Waals surface area contributed by atoms with E-state index in [0.717, 1.165) is 25.7 Å². The van der Waals surface area contributed by atoms with Crippen molar-refractivity contribution in [2.45, 2.75) is 173 Å². The third-order valence-corrected chi connectivity index (χ3v) is 9.22. The molecule has 0 aliphatic carbocycles. The molecule has 1 heterocycles. The molecule has 5 N–H and O–H groups in total. The molecule has 284 valence electrons. The van der Waals surface area contributed by atoms with E-state index in [0.29, 0.717) is 30.3 Å². The molecule has 1 aliphatic heterocycles. The second-order valence-corrected chi connectivity index (χ2v) is 13.6.